The summed E-state index contributed by atoms with van der Waals surface area (Å²) in [6.45, 7) is 7.60. The van der Waals surface area contributed by atoms with Gasteiger partial charge in [0.2, 0.25) is 0 Å². The third-order valence-corrected chi connectivity index (χ3v) is 5.83. The van der Waals surface area contributed by atoms with Crippen molar-refractivity contribution >= 4 is 17.3 Å². The Morgan fingerprint density at radius 2 is 1.76 bits per heavy atom. The highest BCUT2D eigenvalue weighted by Crippen LogP contribution is 2.47. The zero-order chi connectivity index (χ0) is 17.4. The Labute approximate surface area is 154 Å². The van der Waals surface area contributed by atoms with Crippen LogP contribution < -0.4 is 4.90 Å². The molecule has 4 rings (SSSR count). The summed E-state index contributed by atoms with van der Waals surface area (Å²) in [7, 11) is 0. The third-order valence-electron chi connectivity index (χ3n) is 5.60. The molecule has 0 amide bonds. The molecule has 25 heavy (non-hydrogen) atoms. The molecule has 0 unspecified atom stereocenters. The van der Waals surface area contributed by atoms with Crippen molar-refractivity contribution in [2.24, 2.45) is 5.92 Å². The normalized spacial score (nSPS) is 23.7. The molecule has 1 aliphatic heterocycles. The Kier molecular flexibility index (Phi) is 4.70. The van der Waals surface area contributed by atoms with Gasteiger partial charge >= 0.3 is 0 Å². The van der Waals surface area contributed by atoms with Gasteiger partial charge in [-0.15, -0.1) is 0 Å². The SMILES string of the molecule is Cc1ccc(Cl)cc1N1CCN(C[C@H]2C[C@@H]2c2ccc(F)cc2)CC1. The van der Waals surface area contributed by atoms with E-state index in [-0.39, 0.29) is 5.82 Å². The van der Waals surface area contributed by atoms with Crippen LogP contribution in [-0.4, -0.2) is 37.6 Å². The number of hydrogen-bond donors (Lipinski definition) is 0. The Bertz CT molecular complexity index is 738. The minimum Gasteiger partial charge on any atom is -0.369 e. The smallest absolute Gasteiger partial charge is 0.123 e. The number of benzene rings is 2. The van der Waals surface area contributed by atoms with E-state index in [4.69, 9.17) is 11.6 Å². The summed E-state index contributed by atoms with van der Waals surface area (Å²) < 4.78 is 13.0. The van der Waals surface area contributed by atoms with Crippen LogP contribution in [0, 0.1) is 18.7 Å². The van der Waals surface area contributed by atoms with E-state index in [1.807, 2.05) is 18.2 Å². The van der Waals surface area contributed by atoms with Gasteiger partial charge in [0.1, 0.15) is 5.82 Å². The van der Waals surface area contributed by atoms with Gasteiger partial charge in [-0.3, -0.25) is 4.90 Å². The molecule has 1 heterocycles. The number of hydrogen-bond acceptors (Lipinski definition) is 2. The monoisotopic (exact) mass is 358 g/mol. The number of piperazine rings is 1. The summed E-state index contributed by atoms with van der Waals surface area (Å²) >= 11 is 6.17. The van der Waals surface area contributed by atoms with Crippen LogP contribution in [0.25, 0.3) is 0 Å². The first kappa shape index (κ1) is 16.9. The van der Waals surface area contributed by atoms with Crippen molar-refractivity contribution in [3.05, 3.63) is 64.4 Å². The maximum Gasteiger partial charge on any atom is 0.123 e. The van der Waals surface area contributed by atoms with Gasteiger partial charge in [0.15, 0.2) is 0 Å². The highest BCUT2D eigenvalue weighted by molar-refractivity contribution is 6.30. The predicted octanol–water partition coefficient (Wildman–Crippen LogP) is 4.71. The molecule has 2 fully saturated rings. The number of anilines is 1. The molecule has 0 bridgehead atoms. The lowest BCUT2D eigenvalue weighted by atomic mass is 10.1. The fraction of sp³-hybridized carbons (Fsp3) is 0.429. The molecule has 2 aromatic rings. The van der Waals surface area contributed by atoms with Crippen LogP contribution in [0.2, 0.25) is 5.02 Å². The standard InChI is InChI=1S/C21H24ClFN2/c1-15-2-5-18(22)13-21(15)25-10-8-24(9-11-25)14-17-12-20(17)16-3-6-19(23)7-4-16/h2-7,13,17,20H,8-12,14H2,1H3/t17-,20-/m1/s1. The van der Waals surface area contributed by atoms with E-state index >= 15 is 0 Å². The average Bonchev–Trinajstić information content (AvgIpc) is 3.38. The van der Waals surface area contributed by atoms with Crippen LogP contribution in [0.1, 0.15) is 23.5 Å². The molecule has 2 atom stereocenters. The van der Waals surface area contributed by atoms with Crippen LogP contribution >= 0.6 is 11.6 Å². The van der Waals surface area contributed by atoms with E-state index in [1.54, 1.807) is 12.1 Å². The molecule has 0 spiro atoms. The molecule has 2 aromatic carbocycles. The second-order valence-corrected chi connectivity index (χ2v) is 7.81. The van der Waals surface area contributed by atoms with Gasteiger partial charge in [-0.25, -0.2) is 4.39 Å². The Balaban J connectivity index is 1.30. The zero-order valence-electron chi connectivity index (χ0n) is 14.6. The Hall–Kier alpha value is -1.58. The molecule has 0 aromatic heterocycles. The van der Waals surface area contributed by atoms with Gasteiger partial charge in [-0.1, -0.05) is 29.8 Å². The summed E-state index contributed by atoms with van der Waals surface area (Å²) in [5, 5.41) is 0.808. The zero-order valence-corrected chi connectivity index (χ0v) is 15.3. The molecule has 1 aliphatic carbocycles. The van der Waals surface area contributed by atoms with E-state index in [1.165, 1.54) is 23.2 Å². The maximum absolute atomic E-state index is 13.0. The fourth-order valence-electron chi connectivity index (χ4n) is 3.99. The Morgan fingerprint density at radius 1 is 1.04 bits per heavy atom. The van der Waals surface area contributed by atoms with Gasteiger partial charge in [0.05, 0.1) is 0 Å². The Morgan fingerprint density at radius 3 is 2.48 bits per heavy atom. The predicted molar refractivity (Wildman–Crippen MR) is 102 cm³/mol. The molecule has 0 radical (unpaired) electrons. The molecular weight excluding hydrogens is 335 g/mol. The largest absolute Gasteiger partial charge is 0.369 e. The van der Waals surface area contributed by atoms with Crippen LogP contribution in [0.4, 0.5) is 10.1 Å². The lowest BCUT2D eigenvalue weighted by Crippen LogP contribution is -2.47. The second-order valence-electron chi connectivity index (χ2n) is 7.37. The van der Waals surface area contributed by atoms with E-state index in [9.17, 15) is 4.39 Å². The molecule has 1 saturated carbocycles. The summed E-state index contributed by atoms with van der Waals surface area (Å²) in [4.78, 5) is 5.02. The van der Waals surface area contributed by atoms with Crippen molar-refractivity contribution in [3.63, 3.8) is 0 Å². The quantitative estimate of drug-likeness (QED) is 0.780. The summed E-state index contributed by atoms with van der Waals surface area (Å²) in [5.41, 5.74) is 3.85. The highest BCUT2D eigenvalue weighted by Gasteiger charge is 2.39. The summed E-state index contributed by atoms with van der Waals surface area (Å²) in [6.07, 6.45) is 1.24. The minimum atomic E-state index is -0.145. The highest BCUT2D eigenvalue weighted by atomic mass is 35.5. The van der Waals surface area contributed by atoms with Crippen molar-refractivity contribution in [1.29, 1.82) is 0 Å². The van der Waals surface area contributed by atoms with E-state index in [0.29, 0.717) is 5.92 Å². The first-order chi connectivity index (χ1) is 12.1. The molecule has 4 heteroatoms. The topological polar surface area (TPSA) is 6.48 Å². The third kappa shape index (κ3) is 3.83. The van der Waals surface area contributed by atoms with Crippen molar-refractivity contribution in [3.8, 4) is 0 Å². The van der Waals surface area contributed by atoms with E-state index in [0.717, 1.165) is 43.7 Å². The van der Waals surface area contributed by atoms with Crippen molar-refractivity contribution < 1.29 is 4.39 Å². The lowest BCUT2D eigenvalue weighted by molar-refractivity contribution is 0.246. The van der Waals surface area contributed by atoms with Gasteiger partial charge in [-0.2, -0.15) is 0 Å². The minimum absolute atomic E-state index is 0.145. The average molecular weight is 359 g/mol. The molecule has 132 valence electrons. The first-order valence-corrected chi connectivity index (χ1v) is 9.47. The van der Waals surface area contributed by atoms with E-state index < -0.39 is 0 Å². The van der Waals surface area contributed by atoms with Crippen LogP contribution in [-0.2, 0) is 0 Å². The van der Waals surface area contributed by atoms with Gasteiger partial charge < -0.3 is 4.90 Å². The van der Waals surface area contributed by atoms with Gasteiger partial charge in [-0.05, 0) is 60.6 Å². The summed E-state index contributed by atoms with van der Waals surface area (Å²) in [5.74, 6) is 1.20. The fourth-order valence-corrected chi connectivity index (χ4v) is 4.16. The van der Waals surface area contributed by atoms with Crippen molar-refractivity contribution in [2.45, 2.75) is 19.3 Å². The van der Waals surface area contributed by atoms with Crippen molar-refractivity contribution in [2.75, 3.05) is 37.6 Å². The van der Waals surface area contributed by atoms with E-state index in [2.05, 4.69) is 28.9 Å². The number of rotatable bonds is 4. The lowest BCUT2D eigenvalue weighted by Gasteiger charge is -2.37. The van der Waals surface area contributed by atoms with Crippen molar-refractivity contribution in [1.82, 2.24) is 4.90 Å². The second kappa shape index (κ2) is 6.97. The number of halogens is 2. The molecule has 2 aliphatic rings. The van der Waals surface area contributed by atoms with Crippen LogP contribution in [0.15, 0.2) is 42.5 Å². The molecule has 0 N–H and O–H groups in total. The molecule has 1 saturated heterocycles. The first-order valence-electron chi connectivity index (χ1n) is 9.09. The van der Waals surface area contributed by atoms with Crippen LogP contribution in [0.5, 0.6) is 0 Å². The number of aryl methyl sites for hydroxylation is 1. The summed E-state index contributed by atoms with van der Waals surface area (Å²) in [6, 6.07) is 13.2. The van der Waals surface area contributed by atoms with Crippen LogP contribution in [0.3, 0.4) is 0 Å². The van der Waals surface area contributed by atoms with Gasteiger partial charge in [0.25, 0.3) is 0 Å². The maximum atomic E-state index is 13.0. The number of nitrogens with zero attached hydrogens (tertiary/aromatic N) is 2. The van der Waals surface area contributed by atoms with Gasteiger partial charge in [0, 0.05) is 43.4 Å². The molecule has 2 nitrogen and oxygen atoms in total. The molecular formula is C21H24ClFN2.